The summed E-state index contributed by atoms with van der Waals surface area (Å²) in [5, 5.41) is 0. The topological polar surface area (TPSA) is 52.0 Å². The van der Waals surface area contributed by atoms with E-state index < -0.39 is 0 Å². The predicted octanol–water partition coefficient (Wildman–Crippen LogP) is 3.05. The third-order valence-electron chi connectivity index (χ3n) is 2.12. The number of nitrogens with two attached hydrogens (primary N) is 2. The van der Waals surface area contributed by atoms with Gasteiger partial charge in [-0.25, -0.2) is 0 Å². The van der Waals surface area contributed by atoms with Gasteiger partial charge >= 0.3 is 0 Å². The van der Waals surface area contributed by atoms with Crippen LogP contribution >= 0.6 is 0 Å². The van der Waals surface area contributed by atoms with Gasteiger partial charge in [-0.1, -0.05) is 65.2 Å². The molecule has 0 saturated heterocycles. The summed E-state index contributed by atoms with van der Waals surface area (Å²) in [6.07, 6.45) is 11.5. The van der Waals surface area contributed by atoms with Gasteiger partial charge in [0.05, 0.1) is 0 Å². The van der Waals surface area contributed by atoms with E-state index in [0.29, 0.717) is 13.1 Å². The van der Waals surface area contributed by atoms with Crippen molar-refractivity contribution < 1.29 is 0 Å². The molecule has 14 heavy (non-hydrogen) atoms. The number of hydrogen-bond acceptors (Lipinski definition) is 2. The molecule has 4 N–H and O–H groups in total. The molecule has 2 nitrogen and oxygen atoms in total. The molecule has 0 aliphatic heterocycles. The van der Waals surface area contributed by atoms with Crippen molar-refractivity contribution in [3.63, 3.8) is 0 Å². The predicted molar refractivity (Wildman–Crippen MR) is 66.4 cm³/mol. The van der Waals surface area contributed by atoms with E-state index in [1.54, 1.807) is 0 Å². The lowest BCUT2D eigenvalue weighted by atomic mass is 10.1. The summed E-state index contributed by atoms with van der Waals surface area (Å²) in [5.41, 5.74) is 9.81. The first-order valence-electron chi connectivity index (χ1n) is 6.23. The molecule has 0 aromatic rings. The minimum Gasteiger partial charge on any atom is -0.329 e. The largest absolute Gasteiger partial charge is 0.329 e. The molecule has 88 valence electrons. The van der Waals surface area contributed by atoms with Gasteiger partial charge in [-0.2, -0.15) is 0 Å². The van der Waals surface area contributed by atoms with E-state index in [0.717, 1.165) is 0 Å². The van der Waals surface area contributed by atoms with Crippen LogP contribution in [0.25, 0.3) is 0 Å². The number of hydrogen-bond donors (Lipinski definition) is 2. The van der Waals surface area contributed by atoms with Crippen LogP contribution in [0.1, 0.15) is 65.2 Å². The molecule has 0 heterocycles. The molecule has 0 fully saturated rings. The summed E-state index contributed by atoms with van der Waals surface area (Å²) in [4.78, 5) is 0. The fraction of sp³-hybridized carbons (Fsp3) is 1.00. The Morgan fingerprint density at radius 1 is 0.571 bits per heavy atom. The van der Waals surface area contributed by atoms with Crippen LogP contribution in [0.3, 0.4) is 0 Å². The van der Waals surface area contributed by atoms with Crippen LogP contribution in [0.15, 0.2) is 0 Å². The zero-order valence-corrected chi connectivity index (χ0v) is 10.2. The van der Waals surface area contributed by atoms with E-state index in [4.69, 9.17) is 11.5 Å². The van der Waals surface area contributed by atoms with Crippen molar-refractivity contribution in [2.45, 2.75) is 65.2 Å². The summed E-state index contributed by atoms with van der Waals surface area (Å²) in [6.45, 7) is 5.73. The maximum Gasteiger partial charge on any atom is 0.00461 e. The van der Waals surface area contributed by atoms with Crippen molar-refractivity contribution in [1.29, 1.82) is 0 Å². The van der Waals surface area contributed by atoms with Gasteiger partial charge in [-0.3, -0.25) is 0 Å². The van der Waals surface area contributed by atoms with E-state index in [9.17, 15) is 0 Å². The zero-order chi connectivity index (χ0) is 11.1. The minimum atomic E-state index is 0.597. The molecule has 0 rings (SSSR count). The number of unbranched alkanes of at least 4 members (excludes halogenated alkanes) is 7. The molecule has 0 aromatic carbocycles. The quantitative estimate of drug-likeness (QED) is 0.594. The molecule has 0 aromatic heterocycles. The Morgan fingerprint density at radius 2 is 0.857 bits per heavy atom. The van der Waals surface area contributed by atoms with Gasteiger partial charge in [0.1, 0.15) is 0 Å². The van der Waals surface area contributed by atoms with Crippen LogP contribution in [0.4, 0.5) is 0 Å². The molecule has 0 aliphatic rings. The second kappa shape index (κ2) is 18.7. The van der Waals surface area contributed by atoms with Gasteiger partial charge in [-0.15, -0.1) is 0 Å². The summed E-state index contributed by atoms with van der Waals surface area (Å²) < 4.78 is 0. The third-order valence-corrected chi connectivity index (χ3v) is 2.12. The van der Waals surface area contributed by atoms with Crippen LogP contribution in [0.2, 0.25) is 0 Å². The first-order valence-corrected chi connectivity index (χ1v) is 6.23. The van der Waals surface area contributed by atoms with E-state index in [1.807, 2.05) is 0 Å². The molecule has 0 atom stereocenters. The highest BCUT2D eigenvalue weighted by atomic mass is 14.6. The van der Waals surface area contributed by atoms with Crippen LogP contribution in [0.5, 0.6) is 0 Å². The van der Waals surface area contributed by atoms with E-state index in [-0.39, 0.29) is 0 Å². The fourth-order valence-electron chi connectivity index (χ4n) is 1.21. The van der Waals surface area contributed by atoms with Crippen LogP contribution < -0.4 is 11.5 Å². The Labute approximate surface area is 90.4 Å². The van der Waals surface area contributed by atoms with Gasteiger partial charge < -0.3 is 11.5 Å². The average Bonchev–Trinajstić information content (AvgIpc) is 2.24. The Kier molecular flexibility index (Phi) is 21.8. The van der Waals surface area contributed by atoms with Gasteiger partial charge in [0.2, 0.25) is 0 Å². The second-order valence-electron chi connectivity index (χ2n) is 3.70. The molecule has 0 radical (unpaired) electrons. The summed E-state index contributed by atoms with van der Waals surface area (Å²) in [6, 6.07) is 0. The second-order valence-corrected chi connectivity index (χ2v) is 3.70. The smallest absolute Gasteiger partial charge is 0.00461 e. The molecule has 2 heteroatoms. The average molecular weight is 202 g/mol. The van der Waals surface area contributed by atoms with Crippen molar-refractivity contribution in [3.05, 3.63) is 0 Å². The van der Waals surface area contributed by atoms with Gasteiger partial charge in [-0.05, 0) is 0 Å². The normalized spacial score (nSPS) is 9.43. The summed E-state index contributed by atoms with van der Waals surface area (Å²) in [7, 11) is 0. The Morgan fingerprint density at radius 3 is 1.07 bits per heavy atom. The highest BCUT2D eigenvalue weighted by molar-refractivity contribution is 4.43. The molecule has 0 bridgehead atoms. The van der Waals surface area contributed by atoms with Crippen LogP contribution in [-0.2, 0) is 0 Å². The van der Waals surface area contributed by atoms with Crippen LogP contribution in [0, 0.1) is 0 Å². The molecule has 0 aliphatic carbocycles. The highest BCUT2D eigenvalue weighted by Crippen LogP contribution is 2.07. The van der Waals surface area contributed by atoms with Crippen molar-refractivity contribution in [2.75, 3.05) is 13.1 Å². The summed E-state index contributed by atoms with van der Waals surface area (Å²) in [5.74, 6) is 0. The molecule has 0 spiro atoms. The standard InChI is InChI=1S/C10H22.C2H8N2/c1-3-5-7-9-10-8-6-4-2;3-1-2-4/h3-10H2,1-2H3;1-4H2. The molecule has 0 saturated carbocycles. The lowest BCUT2D eigenvalue weighted by Gasteiger charge is -1.97. The van der Waals surface area contributed by atoms with Crippen molar-refractivity contribution >= 4 is 0 Å². The lowest BCUT2D eigenvalue weighted by molar-refractivity contribution is 0.585. The van der Waals surface area contributed by atoms with E-state index in [1.165, 1.54) is 51.4 Å². The Bertz CT molecular complexity index is 64.7. The molecular formula is C12H30N2. The van der Waals surface area contributed by atoms with Gasteiger partial charge in [0.15, 0.2) is 0 Å². The molecule has 0 unspecified atom stereocenters. The van der Waals surface area contributed by atoms with Gasteiger partial charge in [0, 0.05) is 13.1 Å². The minimum absolute atomic E-state index is 0.597. The zero-order valence-electron chi connectivity index (χ0n) is 10.2. The molecular weight excluding hydrogens is 172 g/mol. The van der Waals surface area contributed by atoms with E-state index in [2.05, 4.69) is 13.8 Å². The first-order chi connectivity index (χ1) is 6.83. The fourth-order valence-corrected chi connectivity index (χ4v) is 1.21. The van der Waals surface area contributed by atoms with Gasteiger partial charge in [0.25, 0.3) is 0 Å². The van der Waals surface area contributed by atoms with Crippen molar-refractivity contribution in [3.8, 4) is 0 Å². The summed E-state index contributed by atoms with van der Waals surface area (Å²) >= 11 is 0. The maximum absolute atomic E-state index is 4.90. The van der Waals surface area contributed by atoms with E-state index >= 15 is 0 Å². The lowest BCUT2D eigenvalue weighted by Crippen LogP contribution is -2.11. The first kappa shape index (κ1) is 16.4. The monoisotopic (exact) mass is 202 g/mol. The highest BCUT2D eigenvalue weighted by Gasteiger charge is 1.87. The van der Waals surface area contributed by atoms with Crippen molar-refractivity contribution in [2.24, 2.45) is 11.5 Å². The number of rotatable bonds is 8. The van der Waals surface area contributed by atoms with Crippen molar-refractivity contribution in [1.82, 2.24) is 0 Å². The third kappa shape index (κ3) is 22.7. The molecule has 0 amide bonds. The maximum atomic E-state index is 4.90. The Hall–Kier alpha value is -0.0800. The van der Waals surface area contributed by atoms with Crippen LogP contribution in [-0.4, -0.2) is 13.1 Å². The SMILES string of the molecule is CCCCCCCCCC.NCCN. The Balaban J connectivity index is 0.